The summed E-state index contributed by atoms with van der Waals surface area (Å²) in [6.45, 7) is 4.10. The Morgan fingerprint density at radius 3 is 2.85 bits per heavy atom. The number of aromatic amines is 1. The maximum Gasteiger partial charge on any atom is 0.270 e. The number of rotatable bonds is 3. The van der Waals surface area contributed by atoms with E-state index in [1.54, 1.807) is 16.2 Å². The molecule has 0 unspecified atom stereocenters. The van der Waals surface area contributed by atoms with Gasteiger partial charge in [0.2, 0.25) is 10.0 Å². The van der Waals surface area contributed by atoms with E-state index in [0.29, 0.717) is 38.5 Å². The number of H-pyrrole nitrogens is 1. The number of carbonyl (C=O) groups is 1. The molecule has 4 rings (SSSR count). The number of nitrogens with zero attached hydrogens (tertiary/aromatic N) is 2. The second-order valence-corrected chi connectivity index (χ2v) is 9.43. The highest BCUT2D eigenvalue weighted by Crippen LogP contribution is 2.33. The number of aromatic nitrogens is 1. The van der Waals surface area contributed by atoms with Crippen molar-refractivity contribution in [2.45, 2.75) is 24.3 Å². The van der Waals surface area contributed by atoms with E-state index in [1.165, 1.54) is 27.0 Å². The lowest BCUT2D eigenvalue weighted by atomic mass is 10.0. The number of ether oxygens (including phenoxy) is 1. The first-order chi connectivity index (χ1) is 12.5. The molecule has 1 atom stereocenters. The fourth-order valence-electron chi connectivity index (χ4n) is 3.52. The van der Waals surface area contributed by atoms with Gasteiger partial charge in [-0.2, -0.15) is 4.31 Å². The average Bonchev–Trinajstić information content (AvgIpc) is 3.32. The van der Waals surface area contributed by atoms with Gasteiger partial charge in [-0.1, -0.05) is 0 Å². The average molecular weight is 396 g/mol. The molecule has 2 aromatic heterocycles. The van der Waals surface area contributed by atoms with Crippen molar-refractivity contribution in [2.24, 2.45) is 0 Å². The number of sulfonamides is 1. The monoisotopic (exact) mass is 395 g/mol. The van der Waals surface area contributed by atoms with E-state index in [1.807, 2.05) is 6.92 Å². The first-order valence-corrected chi connectivity index (χ1v) is 10.9. The molecule has 0 aromatic carbocycles. The summed E-state index contributed by atoms with van der Waals surface area (Å²) in [5.41, 5.74) is 1.49. The van der Waals surface area contributed by atoms with Crippen molar-refractivity contribution in [3.63, 3.8) is 0 Å². The topological polar surface area (TPSA) is 82.7 Å². The van der Waals surface area contributed by atoms with Crippen molar-refractivity contribution in [2.75, 3.05) is 32.8 Å². The van der Waals surface area contributed by atoms with Gasteiger partial charge in [-0.15, -0.1) is 11.3 Å². The Labute approximate surface area is 156 Å². The van der Waals surface area contributed by atoms with Crippen LogP contribution >= 0.6 is 11.3 Å². The molecule has 140 valence electrons. The number of amides is 1. The van der Waals surface area contributed by atoms with E-state index in [4.69, 9.17) is 4.74 Å². The fourth-order valence-corrected chi connectivity index (χ4v) is 5.89. The predicted molar refractivity (Wildman–Crippen MR) is 97.8 cm³/mol. The summed E-state index contributed by atoms with van der Waals surface area (Å²) in [5, 5.41) is 2.05. The number of thiophene rings is 1. The molecule has 26 heavy (non-hydrogen) atoms. The van der Waals surface area contributed by atoms with E-state index in [-0.39, 0.29) is 16.8 Å². The van der Waals surface area contributed by atoms with Gasteiger partial charge >= 0.3 is 0 Å². The number of hydrogen-bond acceptors (Lipinski definition) is 5. The first-order valence-electron chi connectivity index (χ1n) is 8.62. The third kappa shape index (κ3) is 2.98. The summed E-state index contributed by atoms with van der Waals surface area (Å²) in [5.74, 6) is -0.169. The molecule has 0 spiro atoms. The van der Waals surface area contributed by atoms with Crippen LogP contribution in [0.3, 0.4) is 0 Å². The van der Waals surface area contributed by atoms with E-state index < -0.39 is 10.0 Å². The molecule has 1 fully saturated rings. The van der Waals surface area contributed by atoms with Crippen molar-refractivity contribution in [3.05, 3.63) is 39.8 Å². The normalized spacial score (nSPS) is 21.6. The van der Waals surface area contributed by atoms with Crippen molar-refractivity contribution < 1.29 is 17.9 Å². The SMILES string of the molecule is C[C@H]1c2ccsc2CCN1C(=O)c1cc(S(=O)(=O)N2CCOCC2)c[nH]1. The number of hydrogen-bond donors (Lipinski definition) is 1. The maximum absolute atomic E-state index is 12.9. The molecule has 0 radical (unpaired) electrons. The van der Waals surface area contributed by atoms with Crippen LogP contribution in [0.25, 0.3) is 0 Å². The summed E-state index contributed by atoms with van der Waals surface area (Å²) in [4.78, 5) is 19.0. The van der Waals surface area contributed by atoms with E-state index >= 15 is 0 Å². The van der Waals surface area contributed by atoms with Crippen molar-refractivity contribution in [1.82, 2.24) is 14.2 Å². The van der Waals surface area contributed by atoms with Crippen LogP contribution in [0.5, 0.6) is 0 Å². The van der Waals surface area contributed by atoms with Crippen LogP contribution < -0.4 is 0 Å². The second kappa shape index (κ2) is 6.80. The molecule has 1 saturated heterocycles. The van der Waals surface area contributed by atoms with Crippen LogP contribution in [-0.4, -0.2) is 61.4 Å². The molecule has 2 aromatic rings. The van der Waals surface area contributed by atoms with Crippen molar-refractivity contribution >= 4 is 27.3 Å². The highest BCUT2D eigenvalue weighted by atomic mass is 32.2. The standard InChI is InChI=1S/C17H21N3O4S2/c1-12-14-3-9-25-16(14)2-4-20(12)17(21)15-10-13(11-18-15)26(22,23)19-5-7-24-8-6-19/h3,9-12,18H,2,4-8H2,1H3/t12-/m0/s1. The molecule has 2 aliphatic rings. The minimum absolute atomic E-state index is 0.0138. The molecule has 4 heterocycles. The largest absolute Gasteiger partial charge is 0.379 e. The highest BCUT2D eigenvalue weighted by Gasteiger charge is 2.32. The van der Waals surface area contributed by atoms with Crippen LogP contribution in [0, 0.1) is 0 Å². The lowest BCUT2D eigenvalue weighted by Crippen LogP contribution is -2.40. The Bertz CT molecular complexity index is 912. The zero-order valence-electron chi connectivity index (χ0n) is 14.5. The molecule has 1 amide bonds. The summed E-state index contributed by atoms with van der Waals surface area (Å²) in [7, 11) is -3.61. The predicted octanol–water partition coefficient (Wildman–Crippen LogP) is 1.86. The van der Waals surface area contributed by atoms with Gasteiger partial charge in [0.25, 0.3) is 5.91 Å². The Hall–Kier alpha value is -1.68. The van der Waals surface area contributed by atoms with Crippen molar-refractivity contribution in [1.29, 1.82) is 0 Å². The van der Waals surface area contributed by atoms with Gasteiger partial charge in [-0.3, -0.25) is 4.79 Å². The molecule has 0 saturated carbocycles. The Kier molecular flexibility index (Phi) is 4.64. The zero-order valence-corrected chi connectivity index (χ0v) is 16.1. The molecule has 9 heteroatoms. The minimum atomic E-state index is -3.61. The second-order valence-electron chi connectivity index (χ2n) is 6.49. The van der Waals surface area contributed by atoms with Gasteiger partial charge in [0.05, 0.1) is 19.3 Å². The molecular weight excluding hydrogens is 374 g/mol. The molecule has 2 aliphatic heterocycles. The van der Waals surface area contributed by atoms with Crippen LogP contribution in [0.4, 0.5) is 0 Å². The van der Waals surface area contributed by atoms with Crippen LogP contribution in [0.1, 0.15) is 33.9 Å². The summed E-state index contributed by atoms with van der Waals surface area (Å²) in [6, 6.07) is 3.50. The van der Waals surface area contributed by atoms with Crippen molar-refractivity contribution in [3.8, 4) is 0 Å². The molecule has 7 nitrogen and oxygen atoms in total. The van der Waals surface area contributed by atoms with Gasteiger partial charge in [-0.05, 0) is 36.4 Å². The fraction of sp³-hybridized carbons (Fsp3) is 0.471. The Balaban J connectivity index is 1.55. The van der Waals surface area contributed by atoms with Crippen LogP contribution in [0.15, 0.2) is 28.6 Å². The Morgan fingerprint density at radius 2 is 2.08 bits per heavy atom. The number of nitrogens with one attached hydrogen (secondary N) is 1. The summed E-state index contributed by atoms with van der Waals surface area (Å²) < 4.78 is 32.1. The van der Waals surface area contributed by atoms with Gasteiger partial charge in [0, 0.05) is 30.7 Å². The summed E-state index contributed by atoms with van der Waals surface area (Å²) in [6.07, 6.45) is 2.24. The van der Waals surface area contributed by atoms with Crippen LogP contribution in [0.2, 0.25) is 0 Å². The van der Waals surface area contributed by atoms with Gasteiger partial charge in [-0.25, -0.2) is 8.42 Å². The molecule has 1 N–H and O–H groups in total. The zero-order chi connectivity index (χ0) is 18.3. The van der Waals surface area contributed by atoms with Gasteiger partial charge in [0.1, 0.15) is 10.6 Å². The maximum atomic E-state index is 12.9. The van der Waals surface area contributed by atoms with Gasteiger partial charge in [0.15, 0.2) is 0 Å². The minimum Gasteiger partial charge on any atom is -0.379 e. The van der Waals surface area contributed by atoms with Gasteiger partial charge < -0.3 is 14.6 Å². The van der Waals surface area contributed by atoms with E-state index in [2.05, 4.69) is 16.4 Å². The number of carbonyl (C=O) groups excluding carboxylic acids is 1. The molecule has 0 bridgehead atoms. The smallest absolute Gasteiger partial charge is 0.270 e. The lowest BCUT2D eigenvalue weighted by molar-refractivity contribution is 0.0674. The first kappa shape index (κ1) is 17.7. The van der Waals surface area contributed by atoms with E-state index in [9.17, 15) is 13.2 Å². The Morgan fingerprint density at radius 1 is 1.31 bits per heavy atom. The molecular formula is C17H21N3O4S2. The van der Waals surface area contributed by atoms with Crippen LogP contribution in [-0.2, 0) is 21.2 Å². The number of morpholine rings is 1. The third-order valence-corrected chi connectivity index (χ3v) is 7.91. The summed E-state index contributed by atoms with van der Waals surface area (Å²) >= 11 is 1.72. The third-order valence-electron chi connectivity index (χ3n) is 5.03. The molecule has 0 aliphatic carbocycles. The highest BCUT2D eigenvalue weighted by molar-refractivity contribution is 7.89. The quantitative estimate of drug-likeness (QED) is 0.860. The van der Waals surface area contributed by atoms with E-state index in [0.717, 1.165) is 6.42 Å². The number of fused-ring (bicyclic) bond motifs is 1. The lowest BCUT2D eigenvalue weighted by Gasteiger charge is -2.33.